The molecule has 0 aliphatic carbocycles. The highest BCUT2D eigenvalue weighted by Crippen LogP contribution is 2.00. The number of nitriles is 1. The van der Waals surface area contributed by atoms with Crippen molar-refractivity contribution in [3.05, 3.63) is 0 Å². The fourth-order valence-electron chi connectivity index (χ4n) is 1.40. The summed E-state index contributed by atoms with van der Waals surface area (Å²) in [4.78, 5) is 2.28. The standard InChI is InChI=1S/C11H22N2O/c1-2-3-8-13(10-11-14)9-6-4-5-7-12/h14H,2-6,8-11H2,1H3. The van der Waals surface area contributed by atoms with Gasteiger partial charge in [-0.2, -0.15) is 5.26 Å². The molecule has 3 nitrogen and oxygen atoms in total. The van der Waals surface area contributed by atoms with Gasteiger partial charge in [0.15, 0.2) is 0 Å². The molecule has 0 unspecified atom stereocenters. The second-order valence-corrected chi connectivity index (χ2v) is 3.53. The first-order valence-electron chi connectivity index (χ1n) is 5.55. The van der Waals surface area contributed by atoms with Gasteiger partial charge in [-0.1, -0.05) is 13.3 Å². The van der Waals surface area contributed by atoms with Gasteiger partial charge in [0.25, 0.3) is 0 Å². The molecular formula is C11H22N2O. The zero-order valence-corrected chi connectivity index (χ0v) is 9.21. The summed E-state index contributed by atoms with van der Waals surface area (Å²) in [6, 6.07) is 2.15. The van der Waals surface area contributed by atoms with Gasteiger partial charge in [0.2, 0.25) is 0 Å². The first-order valence-corrected chi connectivity index (χ1v) is 5.55. The van der Waals surface area contributed by atoms with Gasteiger partial charge in [0.1, 0.15) is 0 Å². The summed E-state index contributed by atoms with van der Waals surface area (Å²) < 4.78 is 0. The van der Waals surface area contributed by atoms with E-state index in [9.17, 15) is 0 Å². The monoisotopic (exact) mass is 198 g/mol. The molecule has 14 heavy (non-hydrogen) atoms. The Morgan fingerprint density at radius 1 is 1.14 bits per heavy atom. The lowest BCUT2D eigenvalue weighted by molar-refractivity contribution is 0.191. The first kappa shape index (κ1) is 13.4. The SMILES string of the molecule is CCCCN(CCO)CCCCC#N. The number of aliphatic hydroxyl groups is 1. The van der Waals surface area contributed by atoms with Crippen LogP contribution in [0.3, 0.4) is 0 Å². The van der Waals surface area contributed by atoms with E-state index in [1.54, 1.807) is 0 Å². The minimum Gasteiger partial charge on any atom is -0.395 e. The topological polar surface area (TPSA) is 47.3 Å². The minimum absolute atomic E-state index is 0.238. The average Bonchev–Trinajstić information content (AvgIpc) is 2.20. The summed E-state index contributed by atoms with van der Waals surface area (Å²) in [7, 11) is 0. The highest BCUT2D eigenvalue weighted by molar-refractivity contribution is 4.68. The maximum absolute atomic E-state index is 8.84. The fourth-order valence-corrected chi connectivity index (χ4v) is 1.40. The number of rotatable bonds is 9. The second kappa shape index (κ2) is 10.5. The van der Waals surface area contributed by atoms with Crippen LogP contribution in [0, 0.1) is 11.3 Å². The van der Waals surface area contributed by atoms with Crippen molar-refractivity contribution in [2.24, 2.45) is 0 Å². The van der Waals surface area contributed by atoms with Crippen LogP contribution in [0.1, 0.15) is 39.0 Å². The highest BCUT2D eigenvalue weighted by Gasteiger charge is 2.02. The molecule has 0 bridgehead atoms. The van der Waals surface area contributed by atoms with Crippen LogP contribution in [0.25, 0.3) is 0 Å². The van der Waals surface area contributed by atoms with Gasteiger partial charge in [-0.3, -0.25) is 0 Å². The lowest BCUT2D eigenvalue weighted by Gasteiger charge is -2.20. The summed E-state index contributed by atoms with van der Waals surface area (Å²) in [5.41, 5.74) is 0. The summed E-state index contributed by atoms with van der Waals surface area (Å²) in [6.07, 6.45) is 5.08. The van der Waals surface area contributed by atoms with Crippen LogP contribution in [0.15, 0.2) is 0 Å². The van der Waals surface area contributed by atoms with Gasteiger partial charge >= 0.3 is 0 Å². The van der Waals surface area contributed by atoms with Crippen molar-refractivity contribution in [2.75, 3.05) is 26.2 Å². The van der Waals surface area contributed by atoms with E-state index >= 15 is 0 Å². The van der Waals surface area contributed by atoms with E-state index in [0.29, 0.717) is 6.42 Å². The van der Waals surface area contributed by atoms with Gasteiger partial charge in [-0.05, 0) is 32.4 Å². The molecule has 0 rings (SSSR count). The van der Waals surface area contributed by atoms with Crippen molar-refractivity contribution in [1.29, 1.82) is 5.26 Å². The molecule has 82 valence electrons. The van der Waals surface area contributed by atoms with Crippen molar-refractivity contribution >= 4 is 0 Å². The lowest BCUT2D eigenvalue weighted by atomic mass is 10.2. The normalized spacial score (nSPS) is 10.4. The van der Waals surface area contributed by atoms with E-state index in [1.807, 2.05) is 0 Å². The molecule has 0 radical (unpaired) electrons. The predicted molar refractivity (Wildman–Crippen MR) is 57.9 cm³/mol. The Labute approximate surface area is 87.3 Å². The van der Waals surface area contributed by atoms with Crippen LogP contribution >= 0.6 is 0 Å². The number of hydrogen-bond donors (Lipinski definition) is 1. The third kappa shape index (κ3) is 8.03. The quantitative estimate of drug-likeness (QED) is 0.574. The van der Waals surface area contributed by atoms with Crippen molar-refractivity contribution in [3.8, 4) is 6.07 Å². The Hall–Kier alpha value is -0.590. The van der Waals surface area contributed by atoms with Crippen molar-refractivity contribution in [2.45, 2.75) is 39.0 Å². The third-order valence-electron chi connectivity index (χ3n) is 2.26. The van der Waals surface area contributed by atoms with E-state index in [2.05, 4.69) is 17.9 Å². The summed E-state index contributed by atoms with van der Waals surface area (Å²) >= 11 is 0. The molecule has 0 aliphatic rings. The predicted octanol–water partition coefficient (Wildman–Crippen LogP) is 1.77. The van der Waals surface area contributed by atoms with Gasteiger partial charge in [0.05, 0.1) is 12.7 Å². The average molecular weight is 198 g/mol. The zero-order valence-electron chi connectivity index (χ0n) is 9.21. The largest absolute Gasteiger partial charge is 0.395 e. The molecule has 0 heterocycles. The van der Waals surface area contributed by atoms with E-state index in [4.69, 9.17) is 10.4 Å². The first-order chi connectivity index (χ1) is 6.85. The number of nitrogens with zero attached hydrogens (tertiary/aromatic N) is 2. The Morgan fingerprint density at radius 3 is 2.43 bits per heavy atom. The Balaban J connectivity index is 3.46. The van der Waals surface area contributed by atoms with E-state index in [1.165, 1.54) is 12.8 Å². The lowest BCUT2D eigenvalue weighted by Crippen LogP contribution is -2.29. The van der Waals surface area contributed by atoms with Crippen molar-refractivity contribution in [1.82, 2.24) is 4.90 Å². The molecule has 0 aromatic rings. The summed E-state index contributed by atoms with van der Waals surface area (Å²) in [6.45, 7) is 5.27. The molecule has 3 heteroatoms. The third-order valence-corrected chi connectivity index (χ3v) is 2.26. The van der Waals surface area contributed by atoms with Crippen molar-refractivity contribution in [3.63, 3.8) is 0 Å². The van der Waals surface area contributed by atoms with E-state index < -0.39 is 0 Å². The van der Waals surface area contributed by atoms with Crippen LogP contribution in [-0.2, 0) is 0 Å². The van der Waals surface area contributed by atoms with Crippen LogP contribution in [0.5, 0.6) is 0 Å². The van der Waals surface area contributed by atoms with Crippen molar-refractivity contribution < 1.29 is 5.11 Å². The molecule has 0 amide bonds. The molecule has 0 aromatic carbocycles. The van der Waals surface area contributed by atoms with E-state index in [0.717, 1.165) is 32.5 Å². The van der Waals surface area contributed by atoms with Crippen LogP contribution in [0.4, 0.5) is 0 Å². The molecule has 0 aromatic heterocycles. The fraction of sp³-hybridized carbons (Fsp3) is 0.909. The maximum atomic E-state index is 8.84. The van der Waals surface area contributed by atoms with Crippen LogP contribution in [-0.4, -0.2) is 36.2 Å². The Bertz CT molecular complexity index is 154. The number of unbranched alkanes of at least 4 members (excludes halogenated alkanes) is 3. The summed E-state index contributed by atoms with van der Waals surface area (Å²) in [5.74, 6) is 0. The molecule has 0 atom stereocenters. The maximum Gasteiger partial charge on any atom is 0.0621 e. The number of hydrogen-bond acceptors (Lipinski definition) is 3. The molecule has 0 saturated carbocycles. The molecule has 0 fully saturated rings. The van der Waals surface area contributed by atoms with Crippen LogP contribution in [0.2, 0.25) is 0 Å². The minimum atomic E-state index is 0.238. The van der Waals surface area contributed by atoms with E-state index in [-0.39, 0.29) is 6.61 Å². The second-order valence-electron chi connectivity index (χ2n) is 3.53. The van der Waals surface area contributed by atoms with Gasteiger partial charge < -0.3 is 10.0 Å². The Kier molecular flexibility index (Phi) is 10.0. The Morgan fingerprint density at radius 2 is 1.86 bits per heavy atom. The van der Waals surface area contributed by atoms with Gasteiger partial charge in [-0.25, -0.2) is 0 Å². The van der Waals surface area contributed by atoms with Gasteiger partial charge in [0, 0.05) is 13.0 Å². The summed E-state index contributed by atoms with van der Waals surface area (Å²) in [5, 5.41) is 17.2. The molecule has 0 spiro atoms. The smallest absolute Gasteiger partial charge is 0.0621 e. The molecule has 0 aliphatic heterocycles. The molecule has 0 saturated heterocycles. The molecule has 1 N–H and O–H groups in total. The van der Waals surface area contributed by atoms with Crippen LogP contribution < -0.4 is 0 Å². The number of aliphatic hydroxyl groups excluding tert-OH is 1. The molecular weight excluding hydrogens is 176 g/mol. The van der Waals surface area contributed by atoms with Gasteiger partial charge in [-0.15, -0.1) is 0 Å². The highest BCUT2D eigenvalue weighted by atomic mass is 16.3. The zero-order chi connectivity index (χ0) is 10.6.